The normalized spacial score (nSPS) is 25.8. The van der Waals surface area contributed by atoms with Crippen LogP contribution in [0.2, 0.25) is 0 Å². The van der Waals surface area contributed by atoms with Crippen LogP contribution >= 0.6 is 0 Å². The summed E-state index contributed by atoms with van der Waals surface area (Å²) in [5, 5.41) is 10.1. The van der Waals surface area contributed by atoms with Crippen molar-refractivity contribution in [2.75, 3.05) is 18.1 Å². The van der Waals surface area contributed by atoms with Gasteiger partial charge in [-0.25, -0.2) is 0 Å². The lowest BCUT2D eigenvalue weighted by molar-refractivity contribution is -0.156. The fourth-order valence-corrected chi connectivity index (χ4v) is 5.57. The second-order valence-electron chi connectivity index (χ2n) is 8.61. The number of aliphatic hydroxyl groups excluding tert-OH is 1. The van der Waals surface area contributed by atoms with Gasteiger partial charge in [-0.15, -0.1) is 0 Å². The van der Waals surface area contributed by atoms with E-state index in [-0.39, 0.29) is 42.3 Å². The van der Waals surface area contributed by atoms with Gasteiger partial charge in [0.05, 0.1) is 18.7 Å². The number of aromatic nitrogens is 1. The molecule has 156 valence electrons. The Labute approximate surface area is 176 Å². The lowest BCUT2D eigenvalue weighted by Gasteiger charge is -2.59. The average Bonchev–Trinajstić information content (AvgIpc) is 2.80. The summed E-state index contributed by atoms with van der Waals surface area (Å²) in [6, 6.07) is 12.9. The van der Waals surface area contributed by atoms with E-state index >= 15 is 0 Å². The Kier molecular flexibility index (Phi) is 5.03. The van der Waals surface area contributed by atoms with Gasteiger partial charge in [-0.3, -0.25) is 14.6 Å². The molecule has 1 N–H and O–H groups in total. The number of amides is 2. The molecule has 0 radical (unpaired) electrons. The quantitative estimate of drug-likeness (QED) is 0.852. The van der Waals surface area contributed by atoms with E-state index in [1.165, 1.54) is 6.42 Å². The summed E-state index contributed by atoms with van der Waals surface area (Å²) < 4.78 is 0. The van der Waals surface area contributed by atoms with Crippen LogP contribution in [-0.4, -0.2) is 52.0 Å². The van der Waals surface area contributed by atoms with Gasteiger partial charge in [0.1, 0.15) is 5.69 Å². The minimum atomic E-state index is -0.210. The summed E-state index contributed by atoms with van der Waals surface area (Å²) in [6.07, 6.45) is 6.86. The monoisotopic (exact) mass is 405 g/mol. The minimum absolute atomic E-state index is 0.0471. The van der Waals surface area contributed by atoms with Crippen LogP contribution in [0.15, 0.2) is 48.7 Å². The Morgan fingerprint density at radius 3 is 2.53 bits per heavy atom. The van der Waals surface area contributed by atoms with Gasteiger partial charge < -0.3 is 14.9 Å². The summed E-state index contributed by atoms with van der Waals surface area (Å²) in [7, 11) is 0. The molecular weight excluding hydrogens is 378 g/mol. The molecule has 5 rings (SSSR count). The molecule has 2 aromatic rings. The Balaban J connectivity index is 1.49. The third-order valence-electron chi connectivity index (χ3n) is 7.03. The molecule has 3 aliphatic rings. The number of fused-ring (bicyclic) bond motifs is 3. The van der Waals surface area contributed by atoms with E-state index in [1.54, 1.807) is 23.2 Å². The van der Waals surface area contributed by atoms with Gasteiger partial charge in [0.25, 0.3) is 5.91 Å². The first-order valence-corrected chi connectivity index (χ1v) is 11.0. The van der Waals surface area contributed by atoms with Crippen molar-refractivity contribution in [3.63, 3.8) is 0 Å². The number of para-hydroxylation sites is 1. The van der Waals surface area contributed by atoms with Gasteiger partial charge in [-0.1, -0.05) is 43.5 Å². The van der Waals surface area contributed by atoms with Crippen LogP contribution < -0.4 is 4.90 Å². The van der Waals surface area contributed by atoms with Gasteiger partial charge in [0.2, 0.25) is 5.91 Å². The smallest absolute Gasteiger partial charge is 0.276 e. The zero-order chi connectivity index (χ0) is 20.7. The number of hydrogen-bond donors (Lipinski definition) is 1. The summed E-state index contributed by atoms with van der Waals surface area (Å²) >= 11 is 0. The maximum absolute atomic E-state index is 13.4. The van der Waals surface area contributed by atoms with Crippen molar-refractivity contribution in [2.24, 2.45) is 5.92 Å². The molecule has 1 aromatic carbocycles. The number of carbonyl (C=O) groups excluding carboxylic acids is 2. The molecule has 1 saturated heterocycles. The Morgan fingerprint density at radius 2 is 1.80 bits per heavy atom. The third kappa shape index (κ3) is 3.01. The first kappa shape index (κ1) is 19.2. The highest BCUT2D eigenvalue weighted by atomic mass is 16.3. The first-order chi connectivity index (χ1) is 14.7. The van der Waals surface area contributed by atoms with Crippen LogP contribution in [0, 0.1) is 5.92 Å². The minimum Gasteiger partial charge on any atom is -0.394 e. The molecule has 1 aliphatic carbocycles. The Bertz CT molecular complexity index is 942. The van der Waals surface area contributed by atoms with Gasteiger partial charge >= 0.3 is 0 Å². The highest BCUT2D eigenvalue weighted by Gasteiger charge is 2.56. The number of anilines is 1. The topological polar surface area (TPSA) is 73.7 Å². The SMILES string of the molecule is O=C(c1ccccn1)N1C[C@@H]2[C@H](c3ccccc31)[C@@H](CO)N2C(=O)C1CCCCC1. The van der Waals surface area contributed by atoms with Gasteiger partial charge in [-0.05, 0) is 36.6 Å². The second kappa shape index (κ2) is 7.84. The molecule has 2 amide bonds. The van der Waals surface area contributed by atoms with Crippen LogP contribution in [0.25, 0.3) is 0 Å². The predicted molar refractivity (Wildman–Crippen MR) is 113 cm³/mol. The van der Waals surface area contributed by atoms with Crippen LogP contribution in [0.4, 0.5) is 5.69 Å². The number of rotatable bonds is 3. The van der Waals surface area contributed by atoms with Crippen LogP contribution in [0.3, 0.4) is 0 Å². The van der Waals surface area contributed by atoms with Crippen LogP contribution in [0.1, 0.15) is 54.1 Å². The predicted octanol–water partition coefficient (Wildman–Crippen LogP) is 2.98. The van der Waals surface area contributed by atoms with Gasteiger partial charge in [0, 0.05) is 30.3 Å². The Hall–Kier alpha value is -2.73. The first-order valence-electron chi connectivity index (χ1n) is 11.0. The molecule has 0 bridgehead atoms. The van der Waals surface area contributed by atoms with Crippen molar-refractivity contribution < 1.29 is 14.7 Å². The number of nitrogens with zero attached hydrogens (tertiary/aromatic N) is 3. The van der Waals surface area contributed by atoms with Crippen molar-refractivity contribution in [1.29, 1.82) is 0 Å². The lowest BCUT2D eigenvalue weighted by atomic mass is 9.70. The van der Waals surface area contributed by atoms with E-state index < -0.39 is 0 Å². The van der Waals surface area contributed by atoms with E-state index in [0.29, 0.717) is 12.2 Å². The molecule has 3 atom stereocenters. The zero-order valence-electron chi connectivity index (χ0n) is 17.0. The Morgan fingerprint density at radius 1 is 1.03 bits per heavy atom. The van der Waals surface area contributed by atoms with E-state index in [4.69, 9.17) is 0 Å². The maximum Gasteiger partial charge on any atom is 0.276 e. The summed E-state index contributed by atoms with van der Waals surface area (Å²) in [5.74, 6) is 0.107. The van der Waals surface area contributed by atoms with Gasteiger partial charge in [0.15, 0.2) is 0 Å². The highest BCUT2D eigenvalue weighted by molar-refractivity contribution is 6.06. The summed E-state index contributed by atoms with van der Waals surface area (Å²) in [4.78, 5) is 34.5. The van der Waals surface area contributed by atoms with Crippen molar-refractivity contribution in [3.8, 4) is 0 Å². The molecule has 2 fully saturated rings. The summed E-state index contributed by atoms with van der Waals surface area (Å²) in [6.45, 7) is 0.383. The molecule has 2 aliphatic heterocycles. The molecule has 6 heteroatoms. The van der Waals surface area contributed by atoms with E-state index in [0.717, 1.165) is 36.9 Å². The molecule has 1 aromatic heterocycles. The van der Waals surface area contributed by atoms with Gasteiger partial charge in [-0.2, -0.15) is 0 Å². The zero-order valence-corrected chi connectivity index (χ0v) is 17.0. The second-order valence-corrected chi connectivity index (χ2v) is 8.61. The fourth-order valence-electron chi connectivity index (χ4n) is 5.57. The highest BCUT2D eigenvalue weighted by Crippen LogP contribution is 2.49. The number of aliphatic hydroxyl groups is 1. The molecule has 0 spiro atoms. The standard InChI is InChI=1S/C24H27N3O3/c28-15-21-22-17-10-4-5-12-19(17)26(24(30)18-11-6-7-13-25-18)14-20(22)27(21)23(29)16-8-2-1-3-9-16/h4-7,10-13,16,20-22,28H,1-3,8-9,14-15H2/t20-,21-,22+/m1/s1. The number of hydrogen-bond acceptors (Lipinski definition) is 4. The molecule has 1 saturated carbocycles. The number of pyridine rings is 1. The van der Waals surface area contributed by atoms with E-state index in [9.17, 15) is 14.7 Å². The lowest BCUT2D eigenvalue weighted by Crippen LogP contribution is -2.71. The largest absolute Gasteiger partial charge is 0.394 e. The van der Waals surface area contributed by atoms with Crippen molar-refractivity contribution in [3.05, 3.63) is 59.9 Å². The maximum atomic E-state index is 13.4. The third-order valence-corrected chi connectivity index (χ3v) is 7.03. The molecule has 3 heterocycles. The number of carbonyl (C=O) groups is 2. The van der Waals surface area contributed by atoms with Crippen LogP contribution in [-0.2, 0) is 4.79 Å². The number of likely N-dealkylation sites (tertiary alicyclic amines) is 1. The molecule has 0 unspecified atom stereocenters. The van der Waals surface area contributed by atoms with Crippen molar-refractivity contribution >= 4 is 17.5 Å². The summed E-state index contributed by atoms with van der Waals surface area (Å²) in [5.41, 5.74) is 2.29. The molecular formula is C24H27N3O3. The average molecular weight is 405 g/mol. The molecule has 6 nitrogen and oxygen atoms in total. The number of benzene rings is 1. The molecule has 30 heavy (non-hydrogen) atoms. The van der Waals surface area contributed by atoms with E-state index in [1.807, 2.05) is 35.2 Å². The van der Waals surface area contributed by atoms with Crippen molar-refractivity contribution in [2.45, 2.75) is 50.1 Å². The van der Waals surface area contributed by atoms with E-state index in [2.05, 4.69) is 4.98 Å². The van der Waals surface area contributed by atoms with Crippen molar-refractivity contribution in [1.82, 2.24) is 9.88 Å². The fraction of sp³-hybridized carbons (Fsp3) is 0.458. The van der Waals surface area contributed by atoms with Crippen LogP contribution in [0.5, 0.6) is 0 Å².